The zero-order valence-corrected chi connectivity index (χ0v) is 23.4. The van der Waals surface area contributed by atoms with Crippen LogP contribution in [0.2, 0.25) is 0 Å². The maximum absolute atomic E-state index is 13.9. The van der Waals surface area contributed by atoms with Gasteiger partial charge in [-0.25, -0.2) is 13.8 Å². The quantitative estimate of drug-likeness (QED) is 0.333. The number of rotatable bonds is 6. The molecule has 4 rings (SSSR count). The minimum atomic E-state index is -0.693. The molecule has 2 N–H and O–H groups in total. The zero-order chi connectivity index (χ0) is 28.9. The summed E-state index contributed by atoms with van der Waals surface area (Å²) in [4.78, 5) is 33.8. The SMILES string of the molecule is C=C.C[C@H](NC(=O)[C@@H](C)CC(=O)N1CCCCC1)c1ncc(-c2ccc(F)cc2F)[nH]1.Cc1ccc(C)cc1.[HH]. The van der Waals surface area contributed by atoms with Gasteiger partial charge in [-0.1, -0.05) is 42.3 Å². The second-order valence-corrected chi connectivity index (χ2v) is 9.74. The van der Waals surface area contributed by atoms with Crippen molar-refractivity contribution in [1.29, 1.82) is 0 Å². The molecule has 1 saturated heterocycles. The Hall–Kier alpha value is -3.81. The fourth-order valence-electron chi connectivity index (χ4n) is 4.09. The number of nitrogens with zero attached hydrogens (tertiary/aromatic N) is 2. The lowest BCUT2D eigenvalue weighted by atomic mass is 10.0. The topological polar surface area (TPSA) is 78.1 Å². The Bertz CT molecular complexity index is 1190. The number of carbonyl (C=O) groups excluding carboxylic acids is 2. The van der Waals surface area contributed by atoms with Gasteiger partial charge in [0.25, 0.3) is 0 Å². The number of H-pyrrole nitrogens is 1. The number of imidazole rings is 1. The summed E-state index contributed by atoms with van der Waals surface area (Å²) in [5.41, 5.74) is 3.25. The first-order valence-corrected chi connectivity index (χ1v) is 13.3. The summed E-state index contributed by atoms with van der Waals surface area (Å²) >= 11 is 0. The summed E-state index contributed by atoms with van der Waals surface area (Å²) in [7, 11) is 0. The largest absolute Gasteiger partial charge is 0.346 e. The Balaban J connectivity index is 0.000000619. The maximum Gasteiger partial charge on any atom is 0.223 e. The molecule has 2 atom stereocenters. The summed E-state index contributed by atoms with van der Waals surface area (Å²) in [5, 5.41) is 2.84. The number of nitrogens with one attached hydrogen (secondary N) is 2. The molecule has 2 aromatic carbocycles. The van der Waals surface area contributed by atoms with Crippen molar-refractivity contribution in [2.24, 2.45) is 5.92 Å². The first-order valence-electron chi connectivity index (χ1n) is 13.3. The molecule has 3 aromatic rings. The summed E-state index contributed by atoms with van der Waals surface area (Å²) in [5.74, 6) is -1.59. The normalized spacial score (nSPS) is 14.2. The van der Waals surface area contributed by atoms with E-state index in [1.807, 2.05) is 4.90 Å². The highest BCUT2D eigenvalue weighted by Gasteiger charge is 2.24. The van der Waals surface area contributed by atoms with Crippen LogP contribution in [0.15, 0.2) is 61.8 Å². The van der Waals surface area contributed by atoms with Crippen molar-refractivity contribution in [2.45, 2.75) is 59.4 Å². The van der Waals surface area contributed by atoms with E-state index in [1.165, 1.54) is 29.5 Å². The van der Waals surface area contributed by atoms with Crippen LogP contribution in [0.3, 0.4) is 0 Å². The zero-order valence-electron chi connectivity index (χ0n) is 23.4. The summed E-state index contributed by atoms with van der Waals surface area (Å²) in [6, 6.07) is 11.3. The molecule has 2 amide bonds. The molecule has 212 valence electrons. The Kier molecular flexibility index (Phi) is 12.5. The Labute approximate surface area is 232 Å². The van der Waals surface area contributed by atoms with Crippen molar-refractivity contribution in [1.82, 2.24) is 20.2 Å². The number of aromatic nitrogens is 2. The number of hydrogen-bond acceptors (Lipinski definition) is 3. The summed E-state index contributed by atoms with van der Waals surface area (Å²) in [6.45, 7) is 15.2. The van der Waals surface area contributed by atoms with E-state index < -0.39 is 23.6 Å². The molecule has 0 spiro atoms. The summed E-state index contributed by atoms with van der Waals surface area (Å²) < 4.78 is 27.0. The molecule has 1 aliphatic rings. The lowest BCUT2D eigenvalue weighted by Crippen LogP contribution is -2.39. The monoisotopic (exact) mass is 540 g/mol. The van der Waals surface area contributed by atoms with Crippen molar-refractivity contribution >= 4 is 11.8 Å². The summed E-state index contributed by atoms with van der Waals surface area (Å²) in [6.07, 6.45) is 4.78. The van der Waals surface area contributed by atoms with Crippen molar-refractivity contribution in [3.63, 3.8) is 0 Å². The number of piperidine rings is 1. The number of likely N-dealkylation sites (tertiary alicyclic amines) is 1. The van der Waals surface area contributed by atoms with Crippen LogP contribution in [0.4, 0.5) is 8.78 Å². The van der Waals surface area contributed by atoms with E-state index in [0.717, 1.165) is 38.4 Å². The molecule has 6 nitrogen and oxygen atoms in total. The highest BCUT2D eigenvalue weighted by atomic mass is 19.1. The third kappa shape index (κ3) is 9.78. The molecule has 8 heteroatoms. The van der Waals surface area contributed by atoms with E-state index in [1.54, 1.807) is 13.8 Å². The molecular weight excluding hydrogens is 498 g/mol. The number of aryl methyl sites for hydroxylation is 2. The second-order valence-electron chi connectivity index (χ2n) is 9.74. The van der Waals surface area contributed by atoms with Crippen LogP contribution in [0, 0.1) is 31.4 Å². The van der Waals surface area contributed by atoms with E-state index in [0.29, 0.717) is 11.5 Å². The molecule has 2 heterocycles. The molecular formula is C31H42F2N4O2. The van der Waals surface area contributed by atoms with Crippen molar-refractivity contribution in [3.05, 3.63) is 90.4 Å². The van der Waals surface area contributed by atoms with E-state index in [2.05, 4.69) is 66.6 Å². The third-order valence-corrected chi connectivity index (χ3v) is 6.44. The lowest BCUT2D eigenvalue weighted by molar-refractivity contribution is -0.136. The standard InChI is InChI=1S/C21H26F2N4O2.C8H10.C2H4.H2/c1-13(10-19(28)27-8-4-3-5-9-27)21(29)25-14(2)20-24-12-18(26-20)16-7-6-15(22)11-17(16)23;1-7-3-5-8(2)6-4-7;1-2;/h6-7,11-14H,3-5,8-10H2,1-2H3,(H,24,26)(H,25,29);3-6H,1-2H3;1-2H2;1H/t13-,14-;;;/m0.../s1. The van der Waals surface area contributed by atoms with E-state index in [9.17, 15) is 18.4 Å². The molecule has 1 aliphatic heterocycles. The van der Waals surface area contributed by atoms with E-state index >= 15 is 0 Å². The van der Waals surface area contributed by atoms with Gasteiger partial charge in [0.1, 0.15) is 17.5 Å². The van der Waals surface area contributed by atoms with Crippen LogP contribution in [0.1, 0.15) is 64.0 Å². The third-order valence-electron chi connectivity index (χ3n) is 6.44. The first kappa shape index (κ1) is 31.4. The minimum absolute atomic E-state index is 0. The molecule has 1 aromatic heterocycles. The van der Waals surface area contributed by atoms with Gasteiger partial charge < -0.3 is 15.2 Å². The van der Waals surface area contributed by atoms with E-state index in [4.69, 9.17) is 0 Å². The Morgan fingerprint density at radius 2 is 1.62 bits per heavy atom. The van der Waals surface area contributed by atoms with Gasteiger partial charge in [0.2, 0.25) is 11.8 Å². The second kappa shape index (κ2) is 15.6. The van der Waals surface area contributed by atoms with Gasteiger partial charge in [-0.15, -0.1) is 13.2 Å². The molecule has 0 unspecified atom stereocenters. The molecule has 39 heavy (non-hydrogen) atoms. The van der Waals surface area contributed by atoms with Crippen LogP contribution in [0.5, 0.6) is 0 Å². The van der Waals surface area contributed by atoms with Crippen molar-refractivity contribution < 1.29 is 19.8 Å². The highest BCUT2D eigenvalue weighted by Crippen LogP contribution is 2.23. The van der Waals surface area contributed by atoms with Gasteiger partial charge in [-0.3, -0.25) is 9.59 Å². The van der Waals surface area contributed by atoms with Gasteiger partial charge in [0.05, 0.1) is 17.9 Å². The smallest absolute Gasteiger partial charge is 0.223 e. The van der Waals surface area contributed by atoms with Crippen molar-refractivity contribution in [3.8, 4) is 11.3 Å². The number of benzene rings is 2. The minimum Gasteiger partial charge on any atom is -0.346 e. The molecule has 0 bridgehead atoms. The van der Waals surface area contributed by atoms with Gasteiger partial charge in [0.15, 0.2) is 0 Å². The number of hydrogen-bond donors (Lipinski definition) is 2. The average Bonchev–Trinajstić information content (AvgIpc) is 3.42. The predicted octanol–water partition coefficient (Wildman–Crippen LogP) is 6.92. The number of halogens is 2. The van der Waals surface area contributed by atoms with Gasteiger partial charge >= 0.3 is 0 Å². The molecule has 0 saturated carbocycles. The highest BCUT2D eigenvalue weighted by molar-refractivity contribution is 5.85. The van der Waals surface area contributed by atoms with Gasteiger partial charge in [-0.05, 0) is 52.2 Å². The van der Waals surface area contributed by atoms with Crippen LogP contribution < -0.4 is 5.32 Å². The number of carbonyl (C=O) groups is 2. The molecule has 1 fully saturated rings. The fraction of sp³-hybridized carbons (Fsp3) is 0.387. The average molecular weight is 541 g/mol. The molecule has 0 aliphatic carbocycles. The van der Waals surface area contributed by atoms with Gasteiger partial charge in [-0.2, -0.15) is 0 Å². The van der Waals surface area contributed by atoms with Crippen LogP contribution >= 0.6 is 0 Å². The van der Waals surface area contributed by atoms with Gasteiger partial charge in [0, 0.05) is 38.5 Å². The van der Waals surface area contributed by atoms with Crippen molar-refractivity contribution in [2.75, 3.05) is 13.1 Å². The number of amides is 2. The fourth-order valence-corrected chi connectivity index (χ4v) is 4.09. The molecule has 0 radical (unpaired) electrons. The predicted molar refractivity (Wildman–Crippen MR) is 154 cm³/mol. The number of aromatic amines is 1. The maximum atomic E-state index is 13.9. The van der Waals surface area contributed by atoms with E-state index in [-0.39, 0.29) is 25.2 Å². The van der Waals surface area contributed by atoms with Crippen LogP contribution in [0.25, 0.3) is 11.3 Å². The van der Waals surface area contributed by atoms with Crippen LogP contribution in [-0.2, 0) is 9.59 Å². The van der Waals surface area contributed by atoms with Crippen LogP contribution in [-0.4, -0.2) is 39.8 Å². The Morgan fingerprint density at radius 3 is 2.18 bits per heavy atom. The lowest BCUT2D eigenvalue weighted by Gasteiger charge is -2.27. The Morgan fingerprint density at radius 1 is 1.03 bits per heavy atom. The first-order chi connectivity index (χ1) is 18.6.